The van der Waals surface area contributed by atoms with Crippen molar-refractivity contribution in [1.29, 1.82) is 0 Å². The molecule has 0 aliphatic heterocycles. The van der Waals surface area contributed by atoms with E-state index in [1.165, 1.54) is 30.5 Å². The molecule has 1 N–H and O–H groups in total. The number of fused-ring (bicyclic) bond motifs is 1. The molecular weight excluding hydrogens is 365 g/mol. The summed E-state index contributed by atoms with van der Waals surface area (Å²) in [7, 11) is 3.49. The third-order valence-electron chi connectivity index (χ3n) is 4.37. The normalized spacial score (nSPS) is 11.4. The Morgan fingerprint density at radius 3 is 2.78 bits per heavy atom. The molecule has 0 atom stereocenters. The fraction of sp³-hybridized carbons (Fsp3) is 0.211. The van der Waals surface area contributed by atoms with Crippen LogP contribution in [0.5, 0.6) is 5.75 Å². The summed E-state index contributed by atoms with van der Waals surface area (Å²) in [5, 5.41) is 7.12. The molecule has 4 aromatic rings. The number of halogens is 1. The lowest BCUT2D eigenvalue weighted by Crippen LogP contribution is -2.17. The topological polar surface area (TPSA) is 66.9 Å². The van der Waals surface area contributed by atoms with Gasteiger partial charge in [0, 0.05) is 24.2 Å². The van der Waals surface area contributed by atoms with Crippen LogP contribution in [0.2, 0.25) is 0 Å². The van der Waals surface area contributed by atoms with Crippen LogP contribution in [0.15, 0.2) is 42.6 Å². The number of benzene rings is 2. The van der Waals surface area contributed by atoms with Crippen molar-refractivity contribution in [3.8, 4) is 17.0 Å². The molecule has 2 heterocycles. The highest BCUT2D eigenvalue weighted by atomic mass is 32.1. The maximum atomic E-state index is 14.0. The average molecular weight is 383 g/mol. The number of nitrogens with one attached hydrogen (secondary N) is 1. The Balaban J connectivity index is 1.51. The summed E-state index contributed by atoms with van der Waals surface area (Å²) < 4.78 is 27.5. The van der Waals surface area contributed by atoms with Crippen LogP contribution >= 0.6 is 11.7 Å². The van der Waals surface area contributed by atoms with Gasteiger partial charge in [-0.1, -0.05) is 6.07 Å². The largest absolute Gasteiger partial charge is 0.494 e. The molecule has 0 saturated heterocycles. The van der Waals surface area contributed by atoms with Crippen LogP contribution in [-0.2, 0) is 13.1 Å². The van der Waals surface area contributed by atoms with Gasteiger partial charge < -0.3 is 4.74 Å². The zero-order chi connectivity index (χ0) is 18.8. The van der Waals surface area contributed by atoms with Gasteiger partial charge in [-0.2, -0.15) is 13.8 Å². The molecule has 2 aromatic heterocycles. The summed E-state index contributed by atoms with van der Waals surface area (Å²) >= 11 is 1.22. The lowest BCUT2D eigenvalue weighted by molar-refractivity contribution is 0.319. The van der Waals surface area contributed by atoms with E-state index in [0.29, 0.717) is 6.54 Å². The third-order valence-corrected chi connectivity index (χ3v) is 4.93. The standard InChI is InChI=1S/C19H18FN5OS/c1-25(10-12-3-5-16-17(7-12)24-27-23-16)11-14-9-21-22-19(14)13-4-6-18(26-2)15(20)8-13/h3-9H,10-11H2,1-2H3,(H,21,22). The van der Waals surface area contributed by atoms with E-state index in [-0.39, 0.29) is 5.75 Å². The number of nitrogens with zero attached hydrogens (tertiary/aromatic N) is 4. The summed E-state index contributed by atoms with van der Waals surface area (Å²) in [6, 6.07) is 11.0. The Morgan fingerprint density at radius 2 is 1.96 bits per heavy atom. The van der Waals surface area contributed by atoms with Crippen LogP contribution in [0.25, 0.3) is 22.3 Å². The van der Waals surface area contributed by atoms with Crippen LogP contribution in [0, 0.1) is 5.82 Å². The first kappa shape index (κ1) is 17.6. The van der Waals surface area contributed by atoms with Crippen molar-refractivity contribution in [2.24, 2.45) is 0 Å². The molecule has 0 radical (unpaired) electrons. The van der Waals surface area contributed by atoms with Gasteiger partial charge in [-0.25, -0.2) is 4.39 Å². The Hall–Kier alpha value is -2.84. The number of ether oxygens (including phenoxy) is 1. The van der Waals surface area contributed by atoms with Crippen LogP contribution in [0.3, 0.4) is 0 Å². The van der Waals surface area contributed by atoms with Gasteiger partial charge in [0.2, 0.25) is 0 Å². The van der Waals surface area contributed by atoms with Gasteiger partial charge >= 0.3 is 0 Å². The van der Waals surface area contributed by atoms with Crippen LogP contribution in [0.1, 0.15) is 11.1 Å². The molecule has 0 spiro atoms. The molecule has 0 saturated carbocycles. The van der Waals surface area contributed by atoms with Gasteiger partial charge in [0.15, 0.2) is 11.6 Å². The summed E-state index contributed by atoms with van der Waals surface area (Å²) in [6.07, 6.45) is 1.78. The van der Waals surface area contributed by atoms with E-state index in [9.17, 15) is 4.39 Å². The molecule has 0 aliphatic carbocycles. The summed E-state index contributed by atoms with van der Waals surface area (Å²) in [4.78, 5) is 2.18. The molecule has 138 valence electrons. The van der Waals surface area contributed by atoms with Gasteiger partial charge in [0.25, 0.3) is 0 Å². The van der Waals surface area contributed by atoms with Gasteiger partial charge in [0.05, 0.1) is 30.7 Å². The number of rotatable bonds is 6. The molecule has 6 nitrogen and oxygen atoms in total. The molecule has 0 amide bonds. The third kappa shape index (κ3) is 3.67. The lowest BCUT2D eigenvalue weighted by Gasteiger charge is -2.17. The van der Waals surface area contributed by atoms with E-state index in [4.69, 9.17) is 4.74 Å². The number of aromatic amines is 1. The van der Waals surface area contributed by atoms with Crippen molar-refractivity contribution in [1.82, 2.24) is 23.8 Å². The van der Waals surface area contributed by atoms with Gasteiger partial charge in [-0.05, 0) is 42.9 Å². The molecule has 8 heteroatoms. The minimum absolute atomic E-state index is 0.226. The number of methoxy groups -OCH3 is 1. The van der Waals surface area contributed by atoms with E-state index in [1.54, 1.807) is 12.3 Å². The Kier molecular flexibility index (Phi) is 4.83. The lowest BCUT2D eigenvalue weighted by atomic mass is 10.1. The maximum absolute atomic E-state index is 14.0. The molecule has 0 fully saturated rings. The number of H-pyrrole nitrogens is 1. The Labute approximate surface area is 159 Å². The first-order valence-electron chi connectivity index (χ1n) is 8.40. The SMILES string of the molecule is COc1ccc(-c2[nH]ncc2CN(C)Cc2ccc3nsnc3c2)cc1F. The second-order valence-electron chi connectivity index (χ2n) is 6.38. The van der Waals surface area contributed by atoms with Crippen molar-refractivity contribution in [3.05, 3.63) is 59.5 Å². The smallest absolute Gasteiger partial charge is 0.165 e. The summed E-state index contributed by atoms with van der Waals surface area (Å²) in [6.45, 7) is 1.43. The Bertz CT molecular complexity index is 1080. The van der Waals surface area contributed by atoms with Crippen LogP contribution < -0.4 is 4.74 Å². The average Bonchev–Trinajstić information content (AvgIpc) is 3.30. The number of hydrogen-bond donors (Lipinski definition) is 1. The highest BCUT2D eigenvalue weighted by Crippen LogP contribution is 2.27. The Morgan fingerprint density at radius 1 is 1.11 bits per heavy atom. The van der Waals surface area contributed by atoms with E-state index in [2.05, 4.69) is 36.0 Å². The zero-order valence-electron chi connectivity index (χ0n) is 14.9. The highest BCUT2D eigenvalue weighted by Gasteiger charge is 2.13. The molecule has 4 rings (SSSR count). The molecule has 0 unspecified atom stereocenters. The zero-order valence-corrected chi connectivity index (χ0v) is 15.8. The van der Waals surface area contributed by atoms with Gasteiger partial charge in [0.1, 0.15) is 11.0 Å². The van der Waals surface area contributed by atoms with Crippen LogP contribution in [-0.4, -0.2) is 38.0 Å². The monoisotopic (exact) mass is 383 g/mol. The van der Waals surface area contributed by atoms with E-state index in [1.807, 2.05) is 19.2 Å². The number of hydrogen-bond acceptors (Lipinski definition) is 6. The predicted molar refractivity (Wildman–Crippen MR) is 103 cm³/mol. The summed E-state index contributed by atoms with van der Waals surface area (Å²) in [5.74, 6) is -0.169. The summed E-state index contributed by atoms with van der Waals surface area (Å²) in [5.41, 5.74) is 5.55. The van der Waals surface area contributed by atoms with Gasteiger partial charge in [-0.15, -0.1) is 0 Å². The minimum atomic E-state index is -0.394. The number of aromatic nitrogens is 4. The molecule has 27 heavy (non-hydrogen) atoms. The van der Waals surface area contributed by atoms with E-state index >= 15 is 0 Å². The quantitative estimate of drug-likeness (QED) is 0.548. The second kappa shape index (κ2) is 7.42. The minimum Gasteiger partial charge on any atom is -0.494 e. The fourth-order valence-electron chi connectivity index (χ4n) is 3.09. The van der Waals surface area contributed by atoms with Crippen molar-refractivity contribution >= 4 is 22.8 Å². The first-order valence-corrected chi connectivity index (χ1v) is 9.13. The molecule has 0 aliphatic rings. The van der Waals surface area contributed by atoms with Crippen molar-refractivity contribution in [3.63, 3.8) is 0 Å². The molecule has 0 bridgehead atoms. The van der Waals surface area contributed by atoms with Crippen molar-refractivity contribution in [2.75, 3.05) is 14.2 Å². The van der Waals surface area contributed by atoms with Gasteiger partial charge in [-0.3, -0.25) is 10.00 Å². The maximum Gasteiger partial charge on any atom is 0.165 e. The van der Waals surface area contributed by atoms with Crippen LogP contribution in [0.4, 0.5) is 4.39 Å². The first-order chi connectivity index (χ1) is 13.1. The van der Waals surface area contributed by atoms with Crippen molar-refractivity contribution in [2.45, 2.75) is 13.1 Å². The highest BCUT2D eigenvalue weighted by molar-refractivity contribution is 7.00. The fourth-order valence-corrected chi connectivity index (χ4v) is 3.60. The van der Waals surface area contributed by atoms with E-state index < -0.39 is 5.82 Å². The predicted octanol–water partition coefficient (Wildman–Crippen LogP) is 3.86. The second-order valence-corrected chi connectivity index (χ2v) is 6.91. The molecule has 2 aromatic carbocycles. The molecular formula is C19H18FN5OS. The van der Waals surface area contributed by atoms with Crippen molar-refractivity contribution < 1.29 is 9.13 Å². The van der Waals surface area contributed by atoms with E-state index in [0.717, 1.165) is 34.4 Å².